The molecule has 1 N–H and O–H groups in total. The van der Waals surface area contributed by atoms with Crippen LogP contribution in [-0.2, 0) is 6.18 Å². The van der Waals surface area contributed by atoms with Crippen molar-refractivity contribution in [3.8, 4) is 16.9 Å². The summed E-state index contributed by atoms with van der Waals surface area (Å²) in [5.74, 6) is -0.397. The van der Waals surface area contributed by atoms with Gasteiger partial charge in [-0.05, 0) is 29.8 Å². The number of aromatic hydroxyl groups is 1. The van der Waals surface area contributed by atoms with Gasteiger partial charge >= 0.3 is 6.18 Å². The summed E-state index contributed by atoms with van der Waals surface area (Å²) in [4.78, 5) is 3.73. The van der Waals surface area contributed by atoms with Crippen LogP contribution in [0.1, 0.15) is 5.56 Å². The predicted molar refractivity (Wildman–Crippen MR) is 56.3 cm³/mol. The van der Waals surface area contributed by atoms with Crippen LogP contribution in [-0.4, -0.2) is 10.1 Å². The van der Waals surface area contributed by atoms with E-state index in [0.29, 0.717) is 0 Å². The molecule has 0 atom stereocenters. The summed E-state index contributed by atoms with van der Waals surface area (Å²) in [5.41, 5.74) is -0.795. The summed E-state index contributed by atoms with van der Waals surface area (Å²) < 4.78 is 38.4. The average molecular weight is 239 g/mol. The maximum Gasteiger partial charge on any atom is 0.417 e. The van der Waals surface area contributed by atoms with E-state index in [0.717, 1.165) is 6.07 Å². The van der Waals surface area contributed by atoms with Gasteiger partial charge in [-0.2, -0.15) is 13.2 Å². The molecule has 1 aromatic heterocycles. The molecule has 0 aliphatic carbocycles. The Balaban J connectivity index is 2.69. The van der Waals surface area contributed by atoms with Crippen molar-refractivity contribution in [1.29, 1.82) is 0 Å². The Labute approximate surface area is 95.4 Å². The first-order valence-electron chi connectivity index (χ1n) is 4.79. The third-order valence-electron chi connectivity index (χ3n) is 2.32. The summed E-state index contributed by atoms with van der Waals surface area (Å²) in [6.45, 7) is 0. The molecule has 0 unspecified atom stereocenters. The molecule has 0 aliphatic rings. The Morgan fingerprint density at radius 3 is 2.24 bits per heavy atom. The van der Waals surface area contributed by atoms with Crippen LogP contribution in [0.15, 0.2) is 42.7 Å². The summed E-state index contributed by atoms with van der Waals surface area (Å²) in [6.07, 6.45) is -1.75. The Kier molecular flexibility index (Phi) is 2.75. The number of rotatable bonds is 1. The number of aromatic nitrogens is 1. The SMILES string of the molecule is Oc1cccc(C(F)(F)F)c1-c1ccncc1. The first-order chi connectivity index (χ1) is 8.00. The van der Waals surface area contributed by atoms with Crippen LogP contribution >= 0.6 is 0 Å². The van der Waals surface area contributed by atoms with E-state index in [4.69, 9.17) is 0 Å². The summed E-state index contributed by atoms with van der Waals surface area (Å²) in [7, 11) is 0. The van der Waals surface area contributed by atoms with Gasteiger partial charge in [-0.3, -0.25) is 4.98 Å². The van der Waals surface area contributed by atoms with E-state index in [1.165, 1.54) is 36.7 Å². The van der Waals surface area contributed by atoms with Crippen molar-refractivity contribution in [1.82, 2.24) is 4.98 Å². The van der Waals surface area contributed by atoms with Crippen LogP contribution < -0.4 is 0 Å². The Morgan fingerprint density at radius 1 is 1.00 bits per heavy atom. The van der Waals surface area contributed by atoms with Crippen molar-refractivity contribution in [2.75, 3.05) is 0 Å². The molecule has 88 valence electrons. The second kappa shape index (κ2) is 4.08. The quantitative estimate of drug-likeness (QED) is 0.826. The van der Waals surface area contributed by atoms with Crippen molar-refractivity contribution in [2.24, 2.45) is 0 Å². The molecule has 0 saturated carbocycles. The lowest BCUT2D eigenvalue weighted by Gasteiger charge is -2.14. The van der Waals surface area contributed by atoms with Crippen molar-refractivity contribution in [2.45, 2.75) is 6.18 Å². The van der Waals surface area contributed by atoms with E-state index < -0.39 is 17.5 Å². The highest BCUT2D eigenvalue weighted by Crippen LogP contribution is 2.41. The van der Waals surface area contributed by atoms with Crippen LogP contribution in [0, 0.1) is 0 Å². The highest BCUT2D eigenvalue weighted by molar-refractivity contribution is 5.73. The summed E-state index contributed by atoms with van der Waals surface area (Å²) >= 11 is 0. The molecule has 1 aromatic carbocycles. The molecule has 2 aromatic rings. The number of hydrogen-bond acceptors (Lipinski definition) is 2. The maximum absolute atomic E-state index is 12.8. The molecular weight excluding hydrogens is 231 g/mol. The normalized spacial score (nSPS) is 11.5. The smallest absolute Gasteiger partial charge is 0.417 e. The number of alkyl halides is 3. The minimum Gasteiger partial charge on any atom is -0.507 e. The van der Waals surface area contributed by atoms with Crippen LogP contribution in [0.5, 0.6) is 5.75 Å². The molecule has 0 radical (unpaired) electrons. The number of benzene rings is 1. The lowest BCUT2D eigenvalue weighted by molar-refractivity contribution is -0.137. The fourth-order valence-electron chi connectivity index (χ4n) is 1.60. The lowest BCUT2D eigenvalue weighted by atomic mass is 9.99. The van der Waals surface area contributed by atoms with Gasteiger partial charge in [0.15, 0.2) is 0 Å². The van der Waals surface area contributed by atoms with E-state index in [1.807, 2.05) is 0 Å². The second-order valence-corrected chi connectivity index (χ2v) is 3.43. The van der Waals surface area contributed by atoms with Crippen LogP contribution in [0.4, 0.5) is 13.2 Å². The molecular formula is C12H8F3NO. The number of phenols is 1. The first kappa shape index (κ1) is 11.4. The van der Waals surface area contributed by atoms with Gasteiger partial charge in [0.2, 0.25) is 0 Å². The molecule has 0 spiro atoms. The van der Waals surface area contributed by atoms with Crippen LogP contribution in [0.2, 0.25) is 0 Å². The second-order valence-electron chi connectivity index (χ2n) is 3.43. The zero-order chi connectivity index (χ0) is 12.5. The van der Waals surface area contributed by atoms with Crippen LogP contribution in [0.3, 0.4) is 0 Å². The molecule has 0 aliphatic heterocycles. The predicted octanol–water partition coefficient (Wildman–Crippen LogP) is 3.47. The largest absolute Gasteiger partial charge is 0.507 e. The van der Waals surface area contributed by atoms with Gasteiger partial charge in [0, 0.05) is 18.0 Å². The minimum atomic E-state index is -4.50. The van der Waals surface area contributed by atoms with Crippen molar-refractivity contribution < 1.29 is 18.3 Å². The molecule has 0 amide bonds. The topological polar surface area (TPSA) is 33.1 Å². The molecule has 1 heterocycles. The minimum absolute atomic E-state index is 0.220. The Bertz CT molecular complexity index is 523. The molecule has 5 heteroatoms. The first-order valence-corrected chi connectivity index (χ1v) is 4.79. The van der Waals surface area contributed by atoms with Crippen molar-refractivity contribution >= 4 is 0 Å². The van der Waals surface area contributed by atoms with E-state index in [9.17, 15) is 18.3 Å². The standard InChI is InChI=1S/C12H8F3NO/c13-12(14,15)9-2-1-3-10(17)11(9)8-4-6-16-7-5-8/h1-7,17H. The number of halogens is 3. The van der Waals surface area contributed by atoms with Crippen molar-refractivity contribution in [3.05, 3.63) is 48.3 Å². The zero-order valence-electron chi connectivity index (χ0n) is 8.57. The molecule has 2 nitrogen and oxygen atoms in total. The maximum atomic E-state index is 12.8. The van der Waals surface area contributed by atoms with Gasteiger partial charge in [0.25, 0.3) is 0 Å². The third-order valence-corrected chi connectivity index (χ3v) is 2.32. The third kappa shape index (κ3) is 2.22. The highest BCUT2D eigenvalue weighted by Gasteiger charge is 2.34. The Morgan fingerprint density at radius 2 is 1.65 bits per heavy atom. The molecule has 0 fully saturated rings. The fraction of sp³-hybridized carbons (Fsp3) is 0.0833. The Hall–Kier alpha value is -2.04. The summed E-state index contributed by atoms with van der Waals surface area (Å²) in [5, 5.41) is 9.59. The average Bonchev–Trinajstić information content (AvgIpc) is 2.28. The molecule has 0 saturated heterocycles. The molecule has 2 rings (SSSR count). The van der Waals surface area contributed by atoms with E-state index >= 15 is 0 Å². The van der Waals surface area contributed by atoms with Gasteiger partial charge in [0.1, 0.15) is 5.75 Å². The molecule has 0 bridgehead atoms. The zero-order valence-corrected chi connectivity index (χ0v) is 8.57. The van der Waals surface area contributed by atoms with Gasteiger partial charge < -0.3 is 5.11 Å². The number of nitrogens with zero attached hydrogens (tertiary/aromatic N) is 1. The van der Waals surface area contributed by atoms with Gasteiger partial charge in [-0.1, -0.05) is 6.07 Å². The van der Waals surface area contributed by atoms with Gasteiger partial charge in [-0.15, -0.1) is 0 Å². The monoisotopic (exact) mass is 239 g/mol. The van der Waals surface area contributed by atoms with Gasteiger partial charge in [0.05, 0.1) is 5.56 Å². The van der Waals surface area contributed by atoms with Crippen molar-refractivity contribution in [3.63, 3.8) is 0 Å². The number of pyridine rings is 1. The van der Waals surface area contributed by atoms with E-state index in [1.54, 1.807) is 0 Å². The highest BCUT2D eigenvalue weighted by atomic mass is 19.4. The van der Waals surface area contributed by atoms with Gasteiger partial charge in [-0.25, -0.2) is 0 Å². The lowest BCUT2D eigenvalue weighted by Crippen LogP contribution is -2.07. The van der Waals surface area contributed by atoms with E-state index in [-0.39, 0.29) is 11.1 Å². The number of hydrogen-bond donors (Lipinski definition) is 1. The summed E-state index contributed by atoms with van der Waals surface area (Å²) in [6, 6.07) is 6.18. The molecule has 17 heavy (non-hydrogen) atoms. The fourth-order valence-corrected chi connectivity index (χ4v) is 1.60. The van der Waals surface area contributed by atoms with Crippen LogP contribution in [0.25, 0.3) is 11.1 Å². The van der Waals surface area contributed by atoms with E-state index in [2.05, 4.69) is 4.98 Å². The number of phenolic OH excluding ortho intramolecular Hbond substituents is 1.